The van der Waals surface area contributed by atoms with E-state index in [0.717, 1.165) is 6.07 Å². The van der Waals surface area contributed by atoms with Crippen LogP contribution in [0.3, 0.4) is 0 Å². The number of anilines is 1. The van der Waals surface area contributed by atoms with Gasteiger partial charge in [-0.05, 0) is 37.3 Å². The highest BCUT2D eigenvalue weighted by Crippen LogP contribution is 2.36. The first-order valence-corrected chi connectivity index (χ1v) is 10.8. The van der Waals surface area contributed by atoms with Crippen molar-refractivity contribution in [1.82, 2.24) is 25.3 Å². The fraction of sp³-hybridized carbons (Fsp3) is 0.261. The minimum Gasteiger partial charge on any atom is -0.494 e. The fourth-order valence-corrected chi connectivity index (χ4v) is 3.46. The van der Waals surface area contributed by atoms with Gasteiger partial charge in [0.1, 0.15) is 17.0 Å². The molecule has 0 aliphatic carbocycles. The van der Waals surface area contributed by atoms with Gasteiger partial charge in [-0.1, -0.05) is 0 Å². The van der Waals surface area contributed by atoms with Gasteiger partial charge in [0.25, 0.3) is 5.91 Å². The number of ether oxygens (including phenoxy) is 1. The quantitative estimate of drug-likeness (QED) is 0.331. The van der Waals surface area contributed by atoms with Crippen LogP contribution < -0.4 is 21.1 Å². The molecule has 188 valence electrons. The second kappa shape index (κ2) is 10.2. The molecule has 0 saturated heterocycles. The molecule has 0 saturated carbocycles. The lowest BCUT2D eigenvalue weighted by Gasteiger charge is -2.14. The highest BCUT2D eigenvalue weighted by molar-refractivity contribution is 5.98. The Morgan fingerprint density at radius 1 is 1.17 bits per heavy atom. The molecule has 36 heavy (non-hydrogen) atoms. The summed E-state index contributed by atoms with van der Waals surface area (Å²) in [7, 11) is 1.33. The third-order valence-corrected chi connectivity index (χ3v) is 5.17. The number of pyridine rings is 1. The Hall–Kier alpha value is -4.26. The molecule has 10 nitrogen and oxygen atoms in total. The molecule has 0 unspecified atom stereocenters. The standard InChI is InChI=1S/C23H22F3N7O3/c1-12(31-22-28-8-3-9-29-22)11-30-20(34)19-16(10-27)36-21(33-19)14-4-6-15(35-2)18-13(14)5-7-17(32-18)23(24,25)26/h3-9,12H,10-11,27H2,1-2H3,(H,30,34)(H,28,29,31)/t12-/m0/s1. The molecule has 1 atom stereocenters. The van der Waals surface area contributed by atoms with E-state index < -0.39 is 17.8 Å². The summed E-state index contributed by atoms with van der Waals surface area (Å²) in [4.78, 5) is 29.0. The number of hydrogen-bond acceptors (Lipinski definition) is 9. The van der Waals surface area contributed by atoms with Crippen molar-refractivity contribution in [2.24, 2.45) is 5.73 Å². The Kier molecular flexibility index (Phi) is 7.01. The Bertz CT molecular complexity index is 1380. The number of amides is 1. The van der Waals surface area contributed by atoms with Gasteiger partial charge in [-0.25, -0.2) is 19.9 Å². The van der Waals surface area contributed by atoms with E-state index in [1.807, 2.05) is 6.92 Å². The summed E-state index contributed by atoms with van der Waals surface area (Å²) in [5.74, 6) is 0.173. The minimum atomic E-state index is -4.63. The van der Waals surface area contributed by atoms with Gasteiger partial charge in [-0.15, -0.1) is 0 Å². The maximum Gasteiger partial charge on any atom is 0.433 e. The van der Waals surface area contributed by atoms with E-state index >= 15 is 0 Å². The van der Waals surface area contributed by atoms with E-state index in [9.17, 15) is 18.0 Å². The first kappa shape index (κ1) is 24.9. The zero-order valence-electron chi connectivity index (χ0n) is 19.3. The average molecular weight is 501 g/mol. The molecule has 4 aromatic rings. The molecule has 3 aromatic heterocycles. The molecule has 0 aliphatic rings. The molecular weight excluding hydrogens is 479 g/mol. The number of nitrogens with zero attached hydrogens (tertiary/aromatic N) is 4. The summed E-state index contributed by atoms with van der Waals surface area (Å²) in [6.07, 6.45) is -1.45. The van der Waals surface area contributed by atoms with E-state index in [0.29, 0.717) is 16.9 Å². The molecule has 0 bridgehead atoms. The number of hydrogen-bond donors (Lipinski definition) is 3. The third-order valence-electron chi connectivity index (χ3n) is 5.17. The average Bonchev–Trinajstić information content (AvgIpc) is 3.30. The Morgan fingerprint density at radius 2 is 1.92 bits per heavy atom. The van der Waals surface area contributed by atoms with Gasteiger partial charge >= 0.3 is 6.18 Å². The van der Waals surface area contributed by atoms with Crippen LogP contribution in [-0.4, -0.2) is 45.5 Å². The van der Waals surface area contributed by atoms with E-state index in [1.54, 1.807) is 24.5 Å². The van der Waals surface area contributed by atoms with E-state index in [-0.39, 0.29) is 47.7 Å². The predicted molar refractivity (Wildman–Crippen MR) is 124 cm³/mol. The topological polar surface area (TPSA) is 141 Å². The number of carbonyl (C=O) groups is 1. The van der Waals surface area contributed by atoms with Gasteiger partial charge in [0.05, 0.1) is 13.7 Å². The minimum absolute atomic E-state index is 0.0127. The molecule has 1 aromatic carbocycles. The number of aromatic nitrogens is 4. The first-order valence-electron chi connectivity index (χ1n) is 10.8. The molecule has 4 N–H and O–H groups in total. The van der Waals surface area contributed by atoms with Crippen LogP contribution in [0.25, 0.3) is 22.4 Å². The third kappa shape index (κ3) is 5.20. The van der Waals surface area contributed by atoms with Crippen LogP contribution in [0, 0.1) is 0 Å². The summed E-state index contributed by atoms with van der Waals surface area (Å²) in [6, 6.07) is 6.62. The van der Waals surface area contributed by atoms with Crippen molar-refractivity contribution in [3.63, 3.8) is 0 Å². The van der Waals surface area contributed by atoms with Gasteiger partial charge in [-0.3, -0.25) is 4.79 Å². The number of methoxy groups -OCH3 is 1. The van der Waals surface area contributed by atoms with Crippen molar-refractivity contribution in [2.45, 2.75) is 25.7 Å². The maximum absolute atomic E-state index is 13.2. The number of oxazole rings is 1. The Balaban J connectivity index is 1.61. The summed E-state index contributed by atoms with van der Waals surface area (Å²) in [5, 5.41) is 6.10. The van der Waals surface area contributed by atoms with E-state index in [2.05, 4.69) is 30.6 Å². The molecule has 0 aliphatic heterocycles. The van der Waals surface area contributed by atoms with Crippen LogP contribution >= 0.6 is 0 Å². The number of nitrogens with one attached hydrogen (secondary N) is 2. The summed E-state index contributed by atoms with van der Waals surface area (Å²) in [6.45, 7) is 1.94. The van der Waals surface area contributed by atoms with Crippen LogP contribution in [0.5, 0.6) is 5.75 Å². The lowest BCUT2D eigenvalue weighted by molar-refractivity contribution is -0.140. The molecular formula is C23H22F3N7O3. The van der Waals surface area contributed by atoms with Crippen molar-refractivity contribution >= 4 is 22.8 Å². The number of carbonyl (C=O) groups excluding carboxylic acids is 1. The second-order valence-corrected chi connectivity index (χ2v) is 7.73. The summed E-state index contributed by atoms with van der Waals surface area (Å²) >= 11 is 0. The van der Waals surface area contributed by atoms with Crippen molar-refractivity contribution in [3.05, 3.63) is 59.9 Å². The van der Waals surface area contributed by atoms with E-state index in [4.69, 9.17) is 14.9 Å². The maximum atomic E-state index is 13.2. The van der Waals surface area contributed by atoms with Gasteiger partial charge in [-0.2, -0.15) is 13.2 Å². The monoisotopic (exact) mass is 501 g/mol. The number of benzene rings is 1. The smallest absolute Gasteiger partial charge is 0.433 e. The summed E-state index contributed by atoms with van der Waals surface area (Å²) in [5.41, 5.74) is 4.98. The van der Waals surface area contributed by atoms with Gasteiger partial charge in [0.2, 0.25) is 11.8 Å². The molecule has 13 heteroatoms. The van der Waals surface area contributed by atoms with Gasteiger partial charge < -0.3 is 25.5 Å². The molecule has 0 fully saturated rings. The van der Waals surface area contributed by atoms with Crippen LogP contribution in [0.1, 0.15) is 28.9 Å². The molecule has 0 spiro atoms. The van der Waals surface area contributed by atoms with Crippen LogP contribution in [0.15, 0.2) is 47.1 Å². The number of halogens is 3. The molecule has 3 heterocycles. The second-order valence-electron chi connectivity index (χ2n) is 7.73. The zero-order valence-corrected chi connectivity index (χ0v) is 19.3. The number of alkyl halides is 3. The van der Waals surface area contributed by atoms with E-state index in [1.165, 1.54) is 19.2 Å². The van der Waals surface area contributed by atoms with Gasteiger partial charge in [0, 0.05) is 35.9 Å². The van der Waals surface area contributed by atoms with Crippen LogP contribution in [0.4, 0.5) is 19.1 Å². The fourth-order valence-electron chi connectivity index (χ4n) is 3.46. The van der Waals surface area contributed by atoms with Gasteiger partial charge in [0.15, 0.2) is 11.5 Å². The summed E-state index contributed by atoms with van der Waals surface area (Å²) < 4.78 is 50.6. The van der Waals surface area contributed by atoms with Crippen molar-refractivity contribution in [3.8, 4) is 17.2 Å². The number of fused-ring (bicyclic) bond motifs is 1. The van der Waals surface area contributed by atoms with Crippen LogP contribution in [0.2, 0.25) is 0 Å². The molecule has 0 radical (unpaired) electrons. The van der Waals surface area contributed by atoms with Crippen molar-refractivity contribution < 1.29 is 27.1 Å². The Morgan fingerprint density at radius 3 is 2.58 bits per heavy atom. The first-order chi connectivity index (χ1) is 17.2. The lowest BCUT2D eigenvalue weighted by atomic mass is 10.1. The van der Waals surface area contributed by atoms with Crippen molar-refractivity contribution in [1.29, 1.82) is 0 Å². The largest absolute Gasteiger partial charge is 0.494 e. The highest BCUT2D eigenvalue weighted by Gasteiger charge is 2.33. The van der Waals surface area contributed by atoms with Crippen molar-refractivity contribution in [2.75, 3.05) is 19.0 Å². The highest BCUT2D eigenvalue weighted by atomic mass is 19.4. The SMILES string of the molecule is COc1ccc(-c2nc(C(=O)NC[C@H](C)Nc3ncccn3)c(CN)o2)c2ccc(C(F)(F)F)nc12. The predicted octanol–water partition coefficient (Wildman–Crippen LogP) is 3.40. The Labute approximate surface area is 203 Å². The number of nitrogens with two attached hydrogens (primary N) is 1. The molecule has 1 amide bonds. The normalized spacial score (nSPS) is 12.4. The van der Waals surface area contributed by atoms with Crippen LogP contribution in [-0.2, 0) is 12.7 Å². The molecule has 4 rings (SSSR count). The number of rotatable bonds is 8. The zero-order chi connectivity index (χ0) is 25.9. The lowest BCUT2D eigenvalue weighted by Crippen LogP contribution is -2.35.